The molecular weight excluding hydrogens is 1420 g/mol. The summed E-state index contributed by atoms with van der Waals surface area (Å²) < 4.78 is 6.72. The lowest BCUT2D eigenvalue weighted by Crippen LogP contribution is -2.63. The number of allylic oxidation sites excluding steroid dienone is 2. The second kappa shape index (κ2) is 39.9. The highest BCUT2D eigenvalue weighted by molar-refractivity contribution is 6.00. The van der Waals surface area contributed by atoms with Crippen molar-refractivity contribution in [2.75, 3.05) is 55.9 Å². The van der Waals surface area contributed by atoms with Gasteiger partial charge < -0.3 is 75.1 Å². The van der Waals surface area contributed by atoms with Crippen LogP contribution in [0.2, 0.25) is 0 Å². The molecule has 0 bridgehead atoms. The van der Waals surface area contributed by atoms with Crippen LogP contribution < -0.4 is 26.8 Å². The topological polar surface area (TPSA) is 360 Å². The van der Waals surface area contributed by atoms with Gasteiger partial charge in [-0.1, -0.05) is 134 Å². The van der Waals surface area contributed by atoms with Gasteiger partial charge in [-0.15, -0.1) is 0 Å². The highest BCUT2D eigenvalue weighted by Gasteiger charge is 2.48. The maximum atomic E-state index is 15.1. The quantitative estimate of drug-likeness (QED) is 0.0608. The molecule has 2 aromatic heterocycles. The lowest BCUT2D eigenvalue weighted by Gasteiger charge is -2.41. The first-order valence-corrected chi connectivity index (χ1v) is 39.1. The second-order valence-electron chi connectivity index (χ2n) is 32.9. The number of benzene rings is 1. The monoisotopic (exact) mass is 1550 g/mol. The van der Waals surface area contributed by atoms with Gasteiger partial charge in [0.2, 0.25) is 65.0 Å². The standard InChI is InChI=1S/C62H111N11O12.C20H16N2O4/c1-25-27-28-40(15)52(75)51-56(79)65-43(26-2)58(81)67(18)33-48(74)68(19)44(29-34(3)4)55(78)66-49(38(11)12)61(84)69(20)45(30-35(5)6)54(77)63-41(16)53(76)64-42(17)57(80)70(21)46(31-36(7)8)59(82)71(22)47(32-37(9)10)60(83)72(23)50(39(13)14)62(85)73(51)24;1-2-20(25)14-8-16-17-12(7-11-5-3-4-6-15(11)21-17)9-22(16)18(23)13(14)10-26-19(20)24/h25,27,34-47,49-52,75H,26,28-33H2,1-24H3,(H,63,77)(H,64,76)(H,65,79)(H,66,78);3-8,25H,2,9-10H2,1H3. The number of likely N-dealkylation sites (N-methyl/N-ethyl adjacent to an activating group) is 7. The lowest BCUT2D eigenvalue weighted by molar-refractivity contribution is -0.172. The van der Waals surface area contributed by atoms with E-state index < -0.39 is 167 Å². The summed E-state index contributed by atoms with van der Waals surface area (Å²) in [5.74, 6) is -10.4. The minimum Gasteiger partial charge on any atom is -0.458 e. The summed E-state index contributed by atoms with van der Waals surface area (Å²) in [6.07, 6.45) is 3.18. The number of para-hydroxylation sites is 1. The van der Waals surface area contributed by atoms with Crippen molar-refractivity contribution in [3.8, 4) is 11.4 Å². The average Bonchev–Trinajstić information content (AvgIpc) is 1.71. The van der Waals surface area contributed by atoms with Crippen LogP contribution in [0.1, 0.15) is 186 Å². The Kier molecular flexibility index (Phi) is 33.2. The Morgan fingerprint density at radius 2 is 1.06 bits per heavy atom. The summed E-state index contributed by atoms with van der Waals surface area (Å²) in [6.45, 7) is 31.3. The largest absolute Gasteiger partial charge is 0.458 e. The predicted octanol–water partition coefficient (Wildman–Crippen LogP) is 5.35. The van der Waals surface area contributed by atoms with E-state index in [9.17, 15) is 63.0 Å². The van der Waals surface area contributed by atoms with Crippen molar-refractivity contribution in [2.24, 2.45) is 41.4 Å². The van der Waals surface area contributed by atoms with Crippen molar-refractivity contribution in [1.82, 2.24) is 65.1 Å². The van der Waals surface area contributed by atoms with E-state index >= 15 is 9.59 Å². The smallest absolute Gasteiger partial charge is 0.343 e. The van der Waals surface area contributed by atoms with E-state index in [0.29, 0.717) is 29.8 Å². The number of nitrogens with zero attached hydrogens (tertiary/aromatic N) is 9. The van der Waals surface area contributed by atoms with Crippen molar-refractivity contribution >= 4 is 81.9 Å². The molecular formula is C82H127N13O16. The number of fused-ring (bicyclic) bond motifs is 5. The van der Waals surface area contributed by atoms with Gasteiger partial charge in [0.05, 0.1) is 41.7 Å². The van der Waals surface area contributed by atoms with Crippen LogP contribution in [0.3, 0.4) is 0 Å². The Bertz CT molecular complexity index is 3960. The Morgan fingerprint density at radius 1 is 0.559 bits per heavy atom. The van der Waals surface area contributed by atoms with Crippen molar-refractivity contribution in [1.29, 1.82) is 0 Å². The minimum absolute atomic E-state index is 0.0229. The third-order valence-electron chi connectivity index (χ3n) is 21.5. The Labute approximate surface area is 655 Å². The van der Waals surface area contributed by atoms with Gasteiger partial charge in [-0.05, 0) is 125 Å². The molecule has 29 nitrogen and oxygen atoms in total. The van der Waals surface area contributed by atoms with Gasteiger partial charge in [-0.3, -0.25) is 57.5 Å². The highest BCUT2D eigenvalue weighted by atomic mass is 16.6. The Hall–Kier alpha value is -9.12. The van der Waals surface area contributed by atoms with E-state index in [1.165, 1.54) is 87.7 Å². The van der Waals surface area contributed by atoms with Crippen molar-refractivity contribution in [3.05, 3.63) is 75.6 Å². The van der Waals surface area contributed by atoms with E-state index in [1.54, 1.807) is 72.1 Å². The van der Waals surface area contributed by atoms with Crippen LogP contribution in [0.5, 0.6) is 0 Å². The fraction of sp³-hybridized carbons (Fsp3) is 0.659. The molecule has 5 heterocycles. The first kappa shape index (κ1) is 92.5. The van der Waals surface area contributed by atoms with Gasteiger partial charge in [0.15, 0.2) is 5.60 Å². The molecule has 3 aliphatic rings. The predicted molar refractivity (Wildman–Crippen MR) is 423 cm³/mol. The fourth-order valence-electron chi connectivity index (χ4n) is 14.6. The third-order valence-corrected chi connectivity index (χ3v) is 21.5. The number of carbonyl (C=O) groups excluding carboxylic acids is 12. The number of aliphatic hydroxyl groups is 2. The van der Waals surface area contributed by atoms with Crippen LogP contribution >= 0.6 is 0 Å². The summed E-state index contributed by atoms with van der Waals surface area (Å²) in [6, 6.07) is -0.774. The number of carbonyl (C=O) groups is 12. The molecule has 616 valence electrons. The van der Waals surface area contributed by atoms with Gasteiger partial charge in [0.1, 0.15) is 67.0 Å². The maximum Gasteiger partial charge on any atom is 0.343 e. The molecule has 11 amide bonds. The maximum absolute atomic E-state index is 15.1. The zero-order chi connectivity index (χ0) is 84.0. The average molecular weight is 1550 g/mol. The molecule has 1 fully saturated rings. The first-order valence-electron chi connectivity index (χ1n) is 39.1. The van der Waals surface area contributed by atoms with Gasteiger partial charge in [0, 0.05) is 65.8 Å². The summed E-state index contributed by atoms with van der Waals surface area (Å²) >= 11 is 0. The molecule has 3 aromatic rings. The Morgan fingerprint density at radius 3 is 1.59 bits per heavy atom. The van der Waals surface area contributed by atoms with Crippen LogP contribution in [0.15, 0.2) is 53.3 Å². The number of hydrogen-bond acceptors (Lipinski definition) is 17. The number of pyridine rings is 2. The zero-order valence-electron chi connectivity index (χ0n) is 70.2. The molecule has 6 N–H and O–H groups in total. The Balaban J connectivity index is 0.000000694. The number of aromatic nitrogens is 2. The first-order chi connectivity index (χ1) is 51.7. The zero-order valence-corrected chi connectivity index (χ0v) is 70.2. The van der Waals surface area contributed by atoms with Crippen LogP contribution in [0.4, 0.5) is 0 Å². The second-order valence-corrected chi connectivity index (χ2v) is 32.9. The van der Waals surface area contributed by atoms with E-state index in [1.807, 2.05) is 91.8 Å². The number of nitrogens with one attached hydrogen (secondary N) is 4. The molecule has 0 radical (unpaired) electrons. The van der Waals surface area contributed by atoms with E-state index in [4.69, 9.17) is 9.72 Å². The van der Waals surface area contributed by atoms with Crippen LogP contribution in [-0.4, -0.2) is 247 Å². The number of amides is 11. The van der Waals surface area contributed by atoms with Crippen molar-refractivity contribution in [2.45, 2.75) is 255 Å². The van der Waals surface area contributed by atoms with E-state index in [-0.39, 0.29) is 74.4 Å². The molecule has 1 aromatic carbocycles. The number of rotatable bonds is 16. The van der Waals surface area contributed by atoms with Gasteiger partial charge in [-0.25, -0.2) is 9.78 Å². The molecule has 0 saturated carbocycles. The molecule has 1 saturated heterocycles. The summed E-state index contributed by atoms with van der Waals surface area (Å²) in [5, 5.41) is 34.9. The highest BCUT2D eigenvalue weighted by Crippen LogP contribution is 2.39. The van der Waals surface area contributed by atoms with Crippen molar-refractivity contribution in [3.63, 3.8) is 0 Å². The molecule has 13 unspecified atom stereocenters. The summed E-state index contributed by atoms with van der Waals surface area (Å²) in [7, 11) is 9.92. The number of aliphatic hydroxyl groups excluding tert-OH is 1. The van der Waals surface area contributed by atoms with Gasteiger partial charge in [-0.2, -0.15) is 0 Å². The summed E-state index contributed by atoms with van der Waals surface area (Å²) in [5.41, 5.74) is 1.81. The van der Waals surface area contributed by atoms with Crippen LogP contribution in [0, 0.1) is 41.4 Å². The number of esters is 1. The fourth-order valence-corrected chi connectivity index (χ4v) is 14.6. The lowest BCUT2D eigenvalue weighted by atomic mass is 9.86. The van der Waals surface area contributed by atoms with Gasteiger partial charge in [0.25, 0.3) is 5.56 Å². The van der Waals surface area contributed by atoms with E-state index in [0.717, 1.165) is 32.0 Å². The van der Waals surface area contributed by atoms with Crippen molar-refractivity contribution < 1.29 is 72.5 Å². The molecule has 13 atom stereocenters. The minimum atomic E-state index is -1.79. The van der Waals surface area contributed by atoms with E-state index in [2.05, 4.69) is 21.3 Å². The molecule has 3 aliphatic heterocycles. The van der Waals surface area contributed by atoms with Crippen LogP contribution in [-0.2, 0) is 81.0 Å². The number of cyclic esters (lactones) is 1. The molecule has 0 aliphatic carbocycles. The summed E-state index contributed by atoms with van der Waals surface area (Å²) in [4.78, 5) is 198. The number of ether oxygens (including phenoxy) is 1. The third kappa shape index (κ3) is 22.0. The molecule has 111 heavy (non-hydrogen) atoms. The SMILES string of the molecule is CC=CCC(C)C(O)C1C(=O)NC(CC)C(=O)N(C)CC(=O)N(C)C(CC(C)C)C(=O)NC(C(C)C)C(=O)N(C)C(CC(C)C)C(=O)NC(C)C(=O)NC(C)C(=O)N(C)C(CC(C)C)C(=O)N(C)C(CC(C)C)C(=O)N(C)C(C(C)C)C(=O)N1C.CCC1(O)C(=O)OCc2c1cc1n(c2=O)Cc2cc3ccccc3nc2-1. The number of hydrogen-bond donors (Lipinski definition) is 6. The van der Waals surface area contributed by atoms with Gasteiger partial charge >= 0.3 is 5.97 Å². The molecule has 0 spiro atoms. The molecule has 6 rings (SSSR count). The molecule has 29 heteroatoms. The van der Waals surface area contributed by atoms with Crippen LogP contribution in [0.25, 0.3) is 22.3 Å². The normalized spacial score (nSPS) is 25.4.